The lowest BCUT2D eigenvalue weighted by molar-refractivity contribution is 0.670. The first-order valence-corrected chi connectivity index (χ1v) is 17.2. The molecule has 0 radical (unpaired) electrons. The zero-order valence-corrected chi connectivity index (χ0v) is 27.6. The van der Waals surface area contributed by atoms with Gasteiger partial charge in [0.2, 0.25) is 0 Å². The summed E-state index contributed by atoms with van der Waals surface area (Å²) in [6, 6.07) is 63.8. The molecule has 3 nitrogen and oxygen atoms in total. The Morgan fingerprint density at radius 3 is 1.71 bits per heavy atom. The minimum Gasteiger partial charge on any atom is -0.455 e. The van der Waals surface area contributed by atoms with Crippen LogP contribution in [-0.2, 0) is 0 Å². The van der Waals surface area contributed by atoms with Gasteiger partial charge in [-0.2, -0.15) is 0 Å². The van der Waals surface area contributed by atoms with Gasteiger partial charge in [-0.05, 0) is 62.5 Å². The highest BCUT2D eigenvalue weighted by Crippen LogP contribution is 2.39. The van der Waals surface area contributed by atoms with Crippen LogP contribution in [0.1, 0.15) is 0 Å². The first-order valence-electron chi connectivity index (χ1n) is 17.2. The van der Waals surface area contributed by atoms with Gasteiger partial charge in [-0.1, -0.05) is 158 Å². The molecule has 0 atom stereocenters. The van der Waals surface area contributed by atoms with Crippen molar-refractivity contribution in [3.8, 4) is 56.2 Å². The summed E-state index contributed by atoms with van der Waals surface area (Å²) in [4.78, 5) is 10.3. The fourth-order valence-corrected chi connectivity index (χ4v) is 7.39. The molecule has 0 N–H and O–H groups in total. The Hall–Kier alpha value is -6.84. The van der Waals surface area contributed by atoms with Crippen molar-refractivity contribution in [2.45, 2.75) is 0 Å². The maximum Gasteiger partial charge on any atom is 0.160 e. The van der Waals surface area contributed by atoms with Gasteiger partial charge in [-0.3, -0.25) is 0 Å². The fourth-order valence-electron chi connectivity index (χ4n) is 7.39. The third-order valence-electron chi connectivity index (χ3n) is 9.89. The second kappa shape index (κ2) is 11.9. The quantitative estimate of drug-likeness (QED) is 0.186. The molecule has 2 heterocycles. The maximum absolute atomic E-state index is 6.36. The molecule has 0 amide bonds. The molecule has 0 aliphatic carbocycles. The number of aromatic nitrogens is 2. The number of hydrogen-bond acceptors (Lipinski definition) is 3. The van der Waals surface area contributed by atoms with Crippen LogP contribution in [0.3, 0.4) is 0 Å². The van der Waals surface area contributed by atoms with Gasteiger partial charge in [-0.15, -0.1) is 0 Å². The summed E-state index contributed by atoms with van der Waals surface area (Å²) in [5.41, 5.74) is 11.3. The predicted octanol–water partition coefficient (Wildman–Crippen LogP) is 13.0. The van der Waals surface area contributed by atoms with E-state index in [9.17, 15) is 0 Å². The van der Waals surface area contributed by atoms with E-state index in [-0.39, 0.29) is 0 Å². The Morgan fingerprint density at radius 2 is 0.922 bits per heavy atom. The molecule has 0 saturated carbocycles. The van der Waals surface area contributed by atoms with Crippen LogP contribution in [0.5, 0.6) is 0 Å². The number of rotatable bonds is 5. The van der Waals surface area contributed by atoms with E-state index in [1.165, 1.54) is 16.5 Å². The van der Waals surface area contributed by atoms with E-state index < -0.39 is 0 Å². The van der Waals surface area contributed by atoms with Gasteiger partial charge >= 0.3 is 0 Å². The number of nitrogens with zero attached hydrogens (tertiary/aromatic N) is 2. The Kier molecular flexibility index (Phi) is 6.81. The van der Waals surface area contributed by atoms with Gasteiger partial charge in [0.25, 0.3) is 0 Å². The van der Waals surface area contributed by atoms with Crippen molar-refractivity contribution in [2.24, 2.45) is 0 Å². The molecule has 238 valence electrons. The Bertz CT molecular complexity index is 2910. The molecule has 3 heteroatoms. The Balaban J connectivity index is 1.10. The molecule has 2 aromatic heterocycles. The van der Waals surface area contributed by atoms with Crippen LogP contribution in [0.2, 0.25) is 0 Å². The summed E-state index contributed by atoms with van der Waals surface area (Å²) in [7, 11) is 0. The van der Waals surface area contributed by atoms with Crippen LogP contribution in [0.25, 0.3) is 99.6 Å². The highest BCUT2D eigenvalue weighted by Gasteiger charge is 2.16. The largest absolute Gasteiger partial charge is 0.455 e. The van der Waals surface area contributed by atoms with Crippen molar-refractivity contribution in [1.82, 2.24) is 9.97 Å². The lowest BCUT2D eigenvalue weighted by Gasteiger charge is -2.14. The lowest BCUT2D eigenvalue weighted by atomic mass is 9.93. The SMILES string of the molecule is c1ccc(-c2nc(-c3ccc4cc(-c5cccc6c5oc5ccccc56)ccc4c3)cc(-c3ccc(-c4ccccc4)c4ccccc34)n2)cc1. The van der Waals surface area contributed by atoms with Crippen molar-refractivity contribution < 1.29 is 4.42 Å². The van der Waals surface area contributed by atoms with E-state index in [0.29, 0.717) is 5.82 Å². The van der Waals surface area contributed by atoms with E-state index >= 15 is 0 Å². The highest BCUT2D eigenvalue weighted by atomic mass is 16.3. The average molecular weight is 651 g/mol. The summed E-state index contributed by atoms with van der Waals surface area (Å²) in [5.74, 6) is 0.702. The van der Waals surface area contributed by atoms with Gasteiger partial charge in [0.15, 0.2) is 5.82 Å². The van der Waals surface area contributed by atoms with Crippen LogP contribution < -0.4 is 0 Å². The standard InChI is InChI=1S/C48H30N2O/c1-3-12-31(13-4-1)37-26-27-41(40-17-8-7-16-39(37)40)45-30-44(49-48(50-45)32-14-5-2-6-15-32)36-25-23-33-28-35(24-22-34(33)29-36)38-19-11-20-43-42-18-9-10-21-46(42)51-47(38)43/h1-30H. The molecule has 0 bridgehead atoms. The molecule has 0 spiro atoms. The number of benzene rings is 8. The van der Waals surface area contributed by atoms with Crippen molar-refractivity contribution in [3.63, 3.8) is 0 Å². The van der Waals surface area contributed by atoms with E-state index in [2.05, 4.69) is 152 Å². The third-order valence-corrected chi connectivity index (χ3v) is 9.89. The normalized spacial score (nSPS) is 11.5. The molecular weight excluding hydrogens is 621 g/mol. The molecule has 0 fully saturated rings. The van der Waals surface area contributed by atoms with E-state index in [0.717, 1.165) is 77.3 Å². The summed E-state index contributed by atoms with van der Waals surface area (Å²) >= 11 is 0. The van der Waals surface area contributed by atoms with Crippen molar-refractivity contribution in [1.29, 1.82) is 0 Å². The van der Waals surface area contributed by atoms with Gasteiger partial charge in [0.05, 0.1) is 11.4 Å². The fraction of sp³-hybridized carbons (Fsp3) is 0. The molecule has 0 unspecified atom stereocenters. The number of para-hydroxylation sites is 2. The second-order valence-corrected chi connectivity index (χ2v) is 13.0. The number of fused-ring (bicyclic) bond motifs is 5. The molecule has 8 aromatic carbocycles. The van der Waals surface area contributed by atoms with E-state index in [1.807, 2.05) is 30.3 Å². The molecule has 0 aliphatic rings. The average Bonchev–Trinajstić information content (AvgIpc) is 3.59. The predicted molar refractivity (Wildman–Crippen MR) is 212 cm³/mol. The maximum atomic E-state index is 6.36. The van der Waals surface area contributed by atoms with Crippen LogP contribution in [0.4, 0.5) is 0 Å². The van der Waals surface area contributed by atoms with E-state index in [4.69, 9.17) is 14.4 Å². The van der Waals surface area contributed by atoms with Crippen molar-refractivity contribution >= 4 is 43.5 Å². The third kappa shape index (κ3) is 5.06. The van der Waals surface area contributed by atoms with Gasteiger partial charge < -0.3 is 4.42 Å². The van der Waals surface area contributed by atoms with Crippen molar-refractivity contribution in [2.75, 3.05) is 0 Å². The van der Waals surface area contributed by atoms with Crippen LogP contribution in [0, 0.1) is 0 Å². The summed E-state index contributed by atoms with van der Waals surface area (Å²) in [6.45, 7) is 0. The topological polar surface area (TPSA) is 38.9 Å². The first-order chi connectivity index (χ1) is 25.3. The summed E-state index contributed by atoms with van der Waals surface area (Å²) in [6.07, 6.45) is 0. The molecule has 0 saturated heterocycles. The molecule has 10 rings (SSSR count). The summed E-state index contributed by atoms with van der Waals surface area (Å²) in [5, 5.41) is 6.93. The lowest BCUT2D eigenvalue weighted by Crippen LogP contribution is -1.97. The number of furan rings is 1. The first kappa shape index (κ1) is 29.1. The minimum atomic E-state index is 0.702. The Morgan fingerprint density at radius 1 is 0.333 bits per heavy atom. The van der Waals surface area contributed by atoms with Crippen LogP contribution >= 0.6 is 0 Å². The van der Waals surface area contributed by atoms with Crippen LogP contribution in [0.15, 0.2) is 186 Å². The highest BCUT2D eigenvalue weighted by molar-refractivity contribution is 6.10. The molecule has 0 aliphatic heterocycles. The van der Waals surface area contributed by atoms with Gasteiger partial charge in [0, 0.05) is 33.0 Å². The van der Waals surface area contributed by atoms with Gasteiger partial charge in [0.1, 0.15) is 11.2 Å². The van der Waals surface area contributed by atoms with Crippen molar-refractivity contribution in [3.05, 3.63) is 182 Å². The smallest absolute Gasteiger partial charge is 0.160 e. The zero-order chi connectivity index (χ0) is 33.7. The number of hydrogen-bond donors (Lipinski definition) is 0. The molecule has 10 aromatic rings. The molecule has 51 heavy (non-hydrogen) atoms. The van der Waals surface area contributed by atoms with Gasteiger partial charge in [-0.25, -0.2) is 9.97 Å². The summed E-state index contributed by atoms with van der Waals surface area (Å²) < 4.78 is 6.36. The zero-order valence-electron chi connectivity index (χ0n) is 27.6. The monoisotopic (exact) mass is 650 g/mol. The van der Waals surface area contributed by atoms with Crippen LogP contribution in [-0.4, -0.2) is 9.97 Å². The minimum absolute atomic E-state index is 0.702. The second-order valence-electron chi connectivity index (χ2n) is 13.0. The Labute approximate surface area is 295 Å². The molecular formula is C48H30N2O. The van der Waals surface area contributed by atoms with E-state index in [1.54, 1.807) is 0 Å².